The minimum atomic E-state index is 0.276. The van der Waals surface area contributed by atoms with Crippen LogP contribution in [-0.4, -0.2) is 22.0 Å². The molecule has 2 aromatic rings. The number of halogens is 1. The van der Waals surface area contributed by atoms with Gasteiger partial charge in [-0.1, -0.05) is 6.07 Å². The van der Waals surface area contributed by atoms with Crippen molar-refractivity contribution in [1.29, 1.82) is 0 Å². The average molecular weight is 249 g/mol. The molecule has 5 heteroatoms. The van der Waals surface area contributed by atoms with Crippen molar-refractivity contribution < 1.29 is 0 Å². The molecule has 0 bridgehead atoms. The smallest absolute Gasteiger partial charge is 0.224 e. The third kappa shape index (κ3) is 3.14. The first-order valence-corrected chi connectivity index (χ1v) is 5.64. The largest absolute Gasteiger partial charge is 0.355 e. The fourth-order valence-electron chi connectivity index (χ4n) is 1.56. The summed E-state index contributed by atoms with van der Waals surface area (Å²) in [7, 11) is 1.96. The lowest BCUT2D eigenvalue weighted by Gasteiger charge is -2.18. The molecule has 2 rings (SSSR count). The van der Waals surface area contributed by atoms with Gasteiger partial charge in [-0.15, -0.1) is 0 Å². The van der Waals surface area contributed by atoms with E-state index in [1.54, 1.807) is 6.20 Å². The monoisotopic (exact) mass is 248 g/mol. The van der Waals surface area contributed by atoms with Gasteiger partial charge in [0, 0.05) is 37.7 Å². The summed E-state index contributed by atoms with van der Waals surface area (Å²) in [5.41, 5.74) is 1.99. The van der Waals surface area contributed by atoms with Crippen molar-refractivity contribution in [2.75, 3.05) is 11.9 Å². The lowest BCUT2D eigenvalue weighted by atomic mass is 10.2. The number of pyridine rings is 1. The zero-order valence-electron chi connectivity index (χ0n) is 9.76. The molecule has 17 heavy (non-hydrogen) atoms. The van der Waals surface area contributed by atoms with Gasteiger partial charge in [-0.05, 0) is 30.2 Å². The molecule has 0 atom stereocenters. The van der Waals surface area contributed by atoms with Crippen LogP contribution in [-0.2, 0) is 6.54 Å². The highest BCUT2D eigenvalue weighted by atomic mass is 35.5. The maximum Gasteiger partial charge on any atom is 0.224 e. The van der Waals surface area contributed by atoms with E-state index in [2.05, 4.69) is 15.0 Å². The standard InChI is InChI=1S/C12H13ClN4/c1-9-6-11(16-12(13)15-9)17(2)8-10-4-3-5-14-7-10/h3-7H,8H2,1-2H3. The maximum atomic E-state index is 5.84. The molecule has 0 aromatic carbocycles. The van der Waals surface area contributed by atoms with E-state index in [0.717, 1.165) is 23.6 Å². The van der Waals surface area contributed by atoms with Crippen LogP contribution in [0.25, 0.3) is 0 Å². The molecule has 2 heterocycles. The summed E-state index contributed by atoms with van der Waals surface area (Å²) < 4.78 is 0. The van der Waals surface area contributed by atoms with Crippen LogP contribution in [0.1, 0.15) is 11.3 Å². The van der Waals surface area contributed by atoms with Gasteiger partial charge in [0.25, 0.3) is 0 Å². The van der Waals surface area contributed by atoms with E-state index in [0.29, 0.717) is 0 Å². The van der Waals surface area contributed by atoms with Crippen molar-refractivity contribution in [2.24, 2.45) is 0 Å². The number of anilines is 1. The average Bonchev–Trinajstić information content (AvgIpc) is 2.29. The van der Waals surface area contributed by atoms with E-state index < -0.39 is 0 Å². The van der Waals surface area contributed by atoms with Gasteiger partial charge in [-0.3, -0.25) is 4.98 Å². The van der Waals surface area contributed by atoms with Crippen molar-refractivity contribution in [1.82, 2.24) is 15.0 Å². The summed E-state index contributed by atoms with van der Waals surface area (Å²) in [4.78, 5) is 14.3. The van der Waals surface area contributed by atoms with Crippen molar-refractivity contribution in [3.8, 4) is 0 Å². The van der Waals surface area contributed by atoms with Gasteiger partial charge < -0.3 is 4.90 Å². The second-order valence-corrected chi connectivity index (χ2v) is 4.19. The van der Waals surface area contributed by atoms with Crippen LogP contribution in [0.15, 0.2) is 30.6 Å². The van der Waals surface area contributed by atoms with Gasteiger partial charge in [0.2, 0.25) is 5.28 Å². The highest BCUT2D eigenvalue weighted by molar-refractivity contribution is 6.28. The molecule has 4 nitrogen and oxygen atoms in total. The Morgan fingerprint density at radius 3 is 2.82 bits per heavy atom. The van der Waals surface area contributed by atoms with Crippen LogP contribution in [0.2, 0.25) is 5.28 Å². The summed E-state index contributed by atoms with van der Waals surface area (Å²) in [6.07, 6.45) is 3.60. The Bertz CT molecular complexity index is 481. The van der Waals surface area contributed by atoms with E-state index in [4.69, 9.17) is 11.6 Å². The Morgan fingerprint density at radius 1 is 1.35 bits per heavy atom. The highest BCUT2D eigenvalue weighted by Gasteiger charge is 2.06. The van der Waals surface area contributed by atoms with E-state index >= 15 is 0 Å². The Morgan fingerprint density at radius 2 is 2.18 bits per heavy atom. The van der Waals surface area contributed by atoms with E-state index in [1.165, 1.54) is 0 Å². The molecule has 0 radical (unpaired) electrons. The Labute approximate surface area is 105 Å². The Hall–Kier alpha value is -1.68. The van der Waals surface area contributed by atoms with E-state index in [9.17, 15) is 0 Å². The number of rotatable bonds is 3. The Balaban J connectivity index is 2.17. The van der Waals surface area contributed by atoms with Gasteiger partial charge in [0.15, 0.2) is 0 Å². The third-order valence-electron chi connectivity index (χ3n) is 2.35. The lowest BCUT2D eigenvalue weighted by molar-refractivity contribution is 0.881. The highest BCUT2D eigenvalue weighted by Crippen LogP contribution is 2.15. The summed E-state index contributed by atoms with van der Waals surface area (Å²) in [6, 6.07) is 5.85. The molecule has 0 aliphatic heterocycles. The normalized spacial score (nSPS) is 10.3. The first-order valence-electron chi connectivity index (χ1n) is 5.26. The molecule has 0 N–H and O–H groups in total. The molecule has 0 amide bonds. The molecular formula is C12H13ClN4. The number of hydrogen-bond donors (Lipinski definition) is 0. The second kappa shape index (κ2) is 5.10. The number of nitrogens with zero attached hydrogens (tertiary/aromatic N) is 4. The van der Waals surface area contributed by atoms with Crippen LogP contribution in [0.3, 0.4) is 0 Å². The first kappa shape index (κ1) is 11.8. The topological polar surface area (TPSA) is 41.9 Å². The van der Waals surface area contributed by atoms with Gasteiger partial charge >= 0.3 is 0 Å². The molecule has 0 saturated heterocycles. The van der Waals surface area contributed by atoms with Crippen molar-refractivity contribution >= 4 is 17.4 Å². The van der Waals surface area contributed by atoms with Crippen LogP contribution >= 0.6 is 11.6 Å². The second-order valence-electron chi connectivity index (χ2n) is 3.85. The maximum absolute atomic E-state index is 5.84. The molecule has 0 aliphatic carbocycles. The number of hydrogen-bond acceptors (Lipinski definition) is 4. The minimum absolute atomic E-state index is 0.276. The van der Waals surface area contributed by atoms with E-state index in [1.807, 2.05) is 43.3 Å². The number of aryl methyl sites for hydroxylation is 1. The predicted octanol–water partition coefficient (Wildman–Crippen LogP) is 2.47. The van der Waals surface area contributed by atoms with Gasteiger partial charge in [-0.25, -0.2) is 9.97 Å². The van der Waals surface area contributed by atoms with Crippen LogP contribution < -0.4 is 4.90 Å². The first-order chi connectivity index (χ1) is 8.15. The zero-order valence-corrected chi connectivity index (χ0v) is 10.5. The summed E-state index contributed by atoms with van der Waals surface area (Å²) in [5, 5.41) is 0.276. The molecule has 0 aliphatic rings. The lowest BCUT2D eigenvalue weighted by Crippen LogP contribution is -2.18. The van der Waals surface area contributed by atoms with Crippen LogP contribution in [0, 0.1) is 6.92 Å². The Kier molecular flexibility index (Phi) is 3.54. The molecule has 0 spiro atoms. The van der Waals surface area contributed by atoms with Crippen molar-refractivity contribution in [3.05, 3.63) is 47.1 Å². The SMILES string of the molecule is Cc1cc(N(C)Cc2cccnc2)nc(Cl)n1. The van der Waals surface area contributed by atoms with Crippen molar-refractivity contribution in [2.45, 2.75) is 13.5 Å². The fourth-order valence-corrected chi connectivity index (χ4v) is 1.78. The van der Waals surface area contributed by atoms with Crippen LogP contribution in [0.5, 0.6) is 0 Å². The number of aromatic nitrogens is 3. The third-order valence-corrected chi connectivity index (χ3v) is 2.52. The molecule has 0 unspecified atom stereocenters. The predicted molar refractivity (Wildman–Crippen MR) is 68.1 cm³/mol. The molecule has 2 aromatic heterocycles. The molecule has 88 valence electrons. The fraction of sp³-hybridized carbons (Fsp3) is 0.250. The quantitative estimate of drug-likeness (QED) is 0.783. The van der Waals surface area contributed by atoms with Gasteiger partial charge in [0.05, 0.1) is 0 Å². The molecular weight excluding hydrogens is 236 g/mol. The summed E-state index contributed by atoms with van der Waals surface area (Å²) in [6.45, 7) is 2.63. The van der Waals surface area contributed by atoms with Gasteiger partial charge in [0.1, 0.15) is 5.82 Å². The van der Waals surface area contributed by atoms with E-state index in [-0.39, 0.29) is 5.28 Å². The molecule has 0 saturated carbocycles. The summed E-state index contributed by atoms with van der Waals surface area (Å²) >= 11 is 5.84. The minimum Gasteiger partial charge on any atom is -0.355 e. The molecule has 0 fully saturated rings. The van der Waals surface area contributed by atoms with Gasteiger partial charge in [-0.2, -0.15) is 0 Å². The van der Waals surface area contributed by atoms with Crippen LogP contribution in [0.4, 0.5) is 5.82 Å². The zero-order chi connectivity index (χ0) is 12.3. The summed E-state index contributed by atoms with van der Waals surface area (Å²) in [5.74, 6) is 0.811. The van der Waals surface area contributed by atoms with Crippen molar-refractivity contribution in [3.63, 3.8) is 0 Å².